The monoisotopic (exact) mass is 596 g/mol. The summed E-state index contributed by atoms with van der Waals surface area (Å²) in [4.78, 5) is 25.7. The van der Waals surface area contributed by atoms with Crippen molar-refractivity contribution in [3.05, 3.63) is 87.5 Å². The first kappa shape index (κ1) is 29.4. The molecule has 0 saturated heterocycles. The molecule has 40 heavy (non-hydrogen) atoms. The molecule has 0 atom stereocenters. The van der Waals surface area contributed by atoms with Gasteiger partial charge in [-0.3, -0.25) is 9.36 Å². The van der Waals surface area contributed by atoms with Gasteiger partial charge in [0.2, 0.25) is 5.91 Å². The highest BCUT2D eigenvalue weighted by molar-refractivity contribution is 7.99. The molecule has 0 bridgehead atoms. The van der Waals surface area contributed by atoms with Crippen LogP contribution in [-0.4, -0.2) is 39.5 Å². The molecule has 11 heteroatoms. The lowest BCUT2D eigenvalue weighted by molar-refractivity contribution is -0.113. The van der Waals surface area contributed by atoms with Gasteiger partial charge in [0.1, 0.15) is 22.9 Å². The second-order valence-electron chi connectivity index (χ2n) is 9.00. The number of halogens is 1. The smallest absolute Gasteiger partial charge is 0.341 e. The van der Waals surface area contributed by atoms with Crippen LogP contribution >= 0.6 is 34.7 Å². The van der Waals surface area contributed by atoms with Crippen molar-refractivity contribution in [3.63, 3.8) is 0 Å². The van der Waals surface area contributed by atoms with E-state index in [2.05, 4.69) is 22.1 Å². The highest BCUT2D eigenvalue weighted by Gasteiger charge is 2.24. The van der Waals surface area contributed by atoms with Crippen molar-refractivity contribution < 1.29 is 19.1 Å². The van der Waals surface area contributed by atoms with E-state index in [9.17, 15) is 9.59 Å². The number of rotatable bonds is 11. The summed E-state index contributed by atoms with van der Waals surface area (Å²) in [7, 11) is 1.33. The van der Waals surface area contributed by atoms with Gasteiger partial charge in [0.25, 0.3) is 0 Å². The number of hydrogen-bond donors (Lipinski definition) is 1. The zero-order chi connectivity index (χ0) is 28.8. The molecule has 208 valence electrons. The SMILES string of the molecule is C=CCn1c(COc2ccc(Cl)c(C)c2)nnc1SCC(=O)Nc1scc(-c2cc(C)ccc2C)c1C(=O)OC. The van der Waals surface area contributed by atoms with E-state index in [0.717, 1.165) is 27.8 Å². The molecule has 2 aromatic heterocycles. The van der Waals surface area contributed by atoms with Crippen LogP contribution in [-0.2, 0) is 22.7 Å². The average Bonchev–Trinajstić information content (AvgIpc) is 3.53. The van der Waals surface area contributed by atoms with E-state index in [0.29, 0.717) is 38.9 Å². The van der Waals surface area contributed by atoms with E-state index in [1.807, 2.05) is 55.0 Å². The maximum absolute atomic E-state index is 13.0. The van der Waals surface area contributed by atoms with Gasteiger partial charge in [0.05, 0.1) is 12.9 Å². The molecule has 1 amide bonds. The third kappa shape index (κ3) is 6.75. The summed E-state index contributed by atoms with van der Waals surface area (Å²) < 4.78 is 12.8. The van der Waals surface area contributed by atoms with Gasteiger partial charge in [-0.15, -0.1) is 28.1 Å². The number of carbonyl (C=O) groups is 2. The molecule has 2 aromatic carbocycles. The number of nitrogens with zero attached hydrogens (tertiary/aromatic N) is 3. The molecule has 2 heterocycles. The first-order valence-corrected chi connectivity index (χ1v) is 14.6. The zero-order valence-electron chi connectivity index (χ0n) is 22.6. The number of allylic oxidation sites excluding steroid dienone is 1. The van der Waals surface area contributed by atoms with Crippen molar-refractivity contribution in [3.8, 4) is 16.9 Å². The van der Waals surface area contributed by atoms with Crippen LogP contribution in [0.5, 0.6) is 5.75 Å². The number of esters is 1. The summed E-state index contributed by atoms with van der Waals surface area (Å²) in [6.45, 7) is 10.3. The van der Waals surface area contributed by atoms with Gasteiger partial charge in [0.15, 0.2) is 11.0 Å². The Balaban J connectivity index is 1.47. The number of amides is 1. The Morgan fingerprint density at radius 2 is 1.93 bits per heavy atom. The fraction of sp³-hybridized carbons (Fsp3) is 0.241. The van der Waals surface area contributed by atoms with Crippen LogP contribution < -0.4 is 10.1 Å². The van der Waals surface area contributed by atoms with E-state index in [1.165, 1.54) is 30.2 Å². The number of hydrogen-bond acceptors (Lipinski definition) is 8. The molecular formula is C29H29ClN4O4S2. The van der Waals surface area contributed by atoms with Crippen molar-refractivity contribution in [1.29, 1.82) is 0 Å². The molecule has 0 aliphatic heterocycles. The number of carbonyl (C=O) groups excluding carboxylic acids is 2. The predicted octanol–water partition coefficient (Wildman–Crippen LogP) is 6.87. The Kier molecular flexibility index (Phi) is 9.67. The molecule has 1 N–H and O–H groups in total. The topological polar surface area (TPSA) is 95.3 Å². The molecule has 4 aromatic rings. The van der Waals surface area contributed by atoms with Crippen molar-refractivity contribution in [2.45, 2.75) is 39.1 Å². The van der Waals surface area contributed by atoms with Crippen molar-refractivity contribution in [1.82, 2.24) is 14.8 Å². The molecule has 0 saturated carbocycles. The van der Waals surface area contributed by atoms with Gasteiger partial charge in [-0.05, 0) is 55.7 Å². The number of aromatic nitrogens is 3. The summed E-state index contributed by atoms with van der Waals surface area (Å²) in [6, 6.07) is 11.5. The predicted molar refractivity (Wildman–Crippen MR) is 161 cm³/mol. The van der Waals surface area contributed by atoms with Gasteiger partial charge in [0, 0.05) is 22.5 Å². The minimum absolute atomic E-state index is 0.0594. The lowest BCUT2D eigenvalue weighted by atomic mass is 9.97. The lowest BCUT2D eigenvalue weighted by Crippen LogP contribution is -2.16. The minimum atomic E-state index is -0.508. The quantitative estimate of drug-likeness (QED) is 0.115. The molecule has 0 radical (unpaired) electrons. The van der Waals surface area contributed by atoms with E-state index in [-0.39, 0.29) is 18.3 Å². The number of methoxy groups -OCH3 is 1. The maximum Gasteiger partial charge on any atom is 0.341 e. The van der Waals surface area contributed by atoms with Gasteiger partial charge < -0.3 is 14.8 Å². The highest BCUT2D eigenvalue weighted by Crippen LogP contribution is 2.38. The molecule has 0 fully saturated rings. The number of anilines is 1. The lowest BCUT2D eigenvalue weighted by Gasteiger charge is -2.11. The largest absolute Gasteiger partial charge is 0.486 e. The molecular weight excluding hydrogens is 568 g/mol. The molecule has 8 nitrogen and oxygen atoms in total. The summed E-state index contributed by atoms with van der Waals surface area (Å²) in [5.41, 5.74) is 5.00. The van der Waals surface area contributed by atoms with Crippen molar-refractivity contribution in [2.75, 3.05) is 18.2 Å². The average molecular weight is 597 g/mol. The second-order valence-corrected chi connectivity index (χ2v) is 11.2. The number of nitrogens with one attached hydrogen (secondary N) is 1. The Bertz CT molecular complexity index is 1560. The van der Waals surface area contributed by atoms with Crippen LogP contribution in [0.15, 0.2) is 59.6 Å². The second kappa shape index (κ2) is 13.2. The number of ether oxygens (including phenoxy) is 2. The third-order valence-electron chi connectivity index (χ3n) is 6.05. The highest BCUT2D eigenvalue weighted by atomic mass is 35.5. The molecule has 0 aliphatic carbocycles. The first-order chi connectivity index (χ1) is 19.2. The minimum Gasteiger partial charge on any atom is -0.486 e. The Hall–Kier alpha value is -3.60. The standard InChI is InChI=1S/C29H29ClN4O4S2/c1-6-11-34-24(14-38-20-9-10-23(30)19(4)13-20)32-33-29(34)40-16-25(35)31-27-26(28(36)37-5)22(15-39-27)21-12-17(2)7-8-18(21)3/h6-10,12-13,15H,1,11,14,16H2,2-5H3,(H,31,35). The number of thioether (sulfide) groups is 1. The van der Waals surface area contributed by atoms with Crippen molar-refractivity contribution in [2.24, 2.45) is 0 Å². The van der Waals surface area contributed by atoms with Gasteiger partial charge in [-0.1, -0.05) is 53.2 Å². The Morgan fingerprint density at radius 3 is 2.65 bits per heavy atom. The number of thiophene rings is 1. The molecule has 0 unspecified atom stereocenters. The van der Waals surface area contributed by atoms with Gasteiger partial charge in [-0.25, -0.2) is 4.79 Å². The first-order valence-electron chi connectivity index (χ1n) is 12.3. The summed E-state index contributed by atoms with van der Waals surface area (Å²) in [6.07, 6.45) is 1.73. The Labute approximate surface area is 246 Å². The Morgan fingerprint density at radius 1 is 1.12 bits per heavy atom. The molecule has 4 rings (SSSR count). The van der Waals surface area contributed by atoms with Crippen LogP contribution in [0.25, 0.3) is 11.1 Å². The zero-order valence-corrected chi connectivity index (χ0v) is 25.0. The van der Waals surface area contributed by atoms with E-state index in [4.69, 9.17) is 21.1 Å². The van der Waals surface area contributed by atoms with Crippen LogP contribution in [0.1, 0.15) is 32.9 Å². The van der Waals surface area contributed by atoms with Crippen LogP contribution in [0.4, 0.5) is 5.00 Å². The fourth-order valence-electron chi connectivity index (χ4n) is 3.97. The fourth-order valence-corrected chi connectivity index (χ4v) is 5.82. The van der Waals surface area contributed by atoms with Gasteiger partial charge >= 0.3 is 5.97 Å². The van der Waals surface area contributed by atoms with Crippen LogP contribution in [0, 0.1) is 20.8 Å². The van der Waals surface area contributed by atoms with Crippen LogP contribution in [0.2, 0.25) is 5.02 Å². The van der Waals surface area contributed by atoms with Crippen LogP contribution in [0.3, 0.4) is 0 Å². The van der Waals surface area contributed by atoms with E-state index >= 15 is 0 Å². The summed E-state index contributed by atoms with van der Waals surface area (Å²) in [5.74, 6) is 0.531. The molecule has 0 aliphatic rings. The summed E-state index contributed by atoms with van der Waals surface area (Å²) >= 11 is 8.62. The van der Waals surface area contributed by atoms with Crippen molar-refractivity contribution >= 4 is 51.6 Å². The summed E-state index contributed by atoms with van der Waals surface area (Å²) in [5, 5.41) is 14.9. The number of benzene rings is 2. The third-order valence-corrected chi connectivity index (χ3v) is 8.34. The van der Waals surface area contributed by atoms with E-state index < -0.39 is 5.97 Å². The molecule has 0 spiro atoms. The number of aryl methyl sites for hydroxylation is 3. The van der Waals surface area contributed by atoms with E-state index in [1.54, 1.807) is 18.2 Å². The normalized spacial score (nSPS) is 10.8. The maximum atomic E-state index is 13.0. The van der Waals surface area contributed by atoms with Gasteiger partial charge in [-0.2, -0.15) is 0 Å².